The smallest absolute Gasteiger partial charge is 0.232 e. The third kappa shape index (κ3) is 1.69. The van der Waals surface area contributed by atoms with Gasteiger partial charge in [0.2, 0.25) is 11.8 Å². The molecule has 1 N–H and O–H groups in total. The van der Waals surface area contributed by atoms with E-state index >= 15 is 0 Å². The van der Waals surface area contributed by atoms with Gasteiger partial charge in [-0.25, -0.2) is 9.97 Å². The van der Waals surface area contributed by atoms with E-state index in [0.29, 0.717) is 11.6 Å². The van der Waals surface area contributed by atoms with Crippen LogP contribution < -0.4 is 4.74 Å². The molecule has 5 nitrogen and oxygen atoms in total. The highest BCUT2D eigenvalue weighted by molar-refractivity contribution is 5.89. The van der Waals surface area contributed by atoms with Crippen LogP contribution in [0.3, 0.4) is 0 Å². The van der Waals surface area contributed by atoms with Crippen LogP contribution in [0.2, 0.25) is 0 Å². The van der Waals surface area contributed by atoms with Crippen molar-refractivity contribution >= 4 is 5.90 Å². The molecule has 64 valence electrons. The van der Waals surface area contributed by atoms with Crippen molar-refractivity contribution in [2.45, 2.75) is 0 Å². The zero-order chi connectivity index (χ0) is 8.97. The van der Waals surface area contributed by atoms with Crippen molar-refractivity contribution in [3.8, 4) is 5.88 Å². The molecule has 0 saturated carbocycles. The highest BCUT2D eigenvalue weighted by atomic mass is 16.5. The number of hydrogen-bond donors (Lipinski definition) is 1. The van der Waals surface area contributed by atoms with Gasteiger partial charge in [0.1, 0.15) is 12.0 Å². The number of nitrogens with one attached hydrogen (secondary N) is 1. The second-order valence-corrected chi connectivity index (χ2v) is 1.98. The van der Waals surface area contributed by atoms with Gasteiger partial charge in [0.05, 0.1) is 14.2 Å². The molecular formula is C7H9N3O2. The molecule has 0 spiro atoms. The SMILES string of the molecule is COC(=N)c1cc(OC)ncn1. The molecule has 0 aliphatic heterocycles. The summed E-state index contributed by atoms with van der Waals surface area (Å²) in [5, 5.41) is 7.28. The molecule has 0 bridgehead atoms. The van der Waals surface area contributed by atoms with E-state index in [9.17, 15) is 0 Å². The fraction of sp³-hybridized carbons (Fsp3) is 0.286. The summed E-state index contributed by atoms with van der Waals surface area (Å²) in [6.07, 6.45) is 1.32. The number of ether oxygens (including phenoxy) is 2. The molecule has 0 aliphatic rings. The van der Waals surface area contributed by atoms with E-state index in [1.165, 1.54) is 26.6 Å². The Hall–Kier alpha value is -1.65. The highest BCUT2D eigenvalue weighted by Gasteiger charge is 2.03. The zero-order valence-electron chi connectivity index (χ0n) is 6.87. The van der Waals surface area contributed by atoms with Crippen molar-refractivity contribution in [2.75, 3.05) is 14.2 Å². The first kappa shape index (κ1) is 8.45. The first-order valence-electron chi connectivity index (χ1n) is 3.27. The Labute approximate surface area is 69.9 Å². The summed E-state index contributed by atoms with van der Waals surface area (Å²) in [6.45, 7) is 0. The van der Waals surface area contributed by atoms with Gasteiger partial charge in [-0.15, -0.1) is 0 Å². The number of rotatable bonds is 2. The van der Waals surface area contributed by atoms with Crippen LogP contribution in [0.15, 0.2) is 12.4 Å². The molecule has 5 heteroatoms. The largest absolute Gasteiger partial charge is 0.481 e. The van der Waals surface area contributed by atoms with Crippen molar-refractivity contribution < 1.29 is 9.47 Å². The monoisotopic (exact) mass is 167 g/mol. The molecule has 1 heterocycles. The summed E-state index contributed by atoms with van der Waals surface area (Å²) >= 11 is 0. The Bertz CT molecular complexity index is 288. The molecule has 0 fully saturated rings. The second kappa shape index (κ2) is 3.66. The third-order valence-electron chi connectivity index (χ3n) is 1.29. The van der Waals surface area contributed by atoms with Gasteiger partial charge in [-0.1, -0.05) is 0 Å². The van der Waals surface area contributed by atoms with Gasteiger partial charge in [-0.3, -0.25) is 5.41 Å². The molecule has 0 aliphatic carbocycles. The van der Waals surface area contributed by atoms with Crippen LogP contribution in [0.5, 0.6) is 5.88 Å². The number of methoxy groups -OCH3 is 2. The zero-order valence-corrected chi connectivity index (χ0v) is 6.87. The number of aromatic nitrogens is 2. The fourth-order valence-electron chi connectivity index (χ4n) is 0.680. The summed E-state index contributed by atoms with van der Waals surface area (Å²) in [5.41, 5.74) is 0.407. The Kier molecular flexibility index (Phi) is 2.57. The van der Waals surface area contributed by atoms with Crippen molar-refractivity contribution in [1.82, 2.24) is 9.97 Å². The maximum Gasteiger partial charge on any atom is 0.232 e. The molecular weight excluding hydrogens is 158 g/mol. The second-order valence-electron chi connectivity index (χ2n) is 1.98. The van der Waals surface area contributed by atoms with Gasteiger partial charge in [-0.2, -0.15) is 0 Å². The minimum absolute atomic E-state index is 0.00398. The molecule has 1 aromatic rings. The normalized spacial score (nSPS) is 9.17. The third-order valence-corrected chi connectivity index (χ3v) is 1.29. The van der Waals surface area contributed by atoms with Crippen LogP contribution >= 0.6 is 0 Å². The van der Waals surface area contributed by atoms with Gasteiger partial charge in [0.15, 0.2) is 0 Å². The van der Waals surface area contributed by atoms with E-state index in [1.807, 2.05) is 0 Å². The maximum absolute atomic E-state index is 7.28. The van der Waals surface area contributed by atoms with E-state index in [-0.39, 0.29) is 5.90 Å². The van der Waals surface area contributed by atoms with E-state index in [4.69, 9.17) is 10.1 Å². The topological polar surface area (TPSA) is 68.1 Å². The lowest BCUT2D eigenvalue weighted by Crippen LogP contribution is -2.04. The summed E-state index contributed by atoms with van der Waals surface area (Å²) in [7, 11) is 2.92. The van der Waals surface area contributed by atoms with E-state index in [0.717, 1.165) is 0 Å². The van der Waals surface area contributed by atoms with Crippen molar-refractivity contribution in [2.24, 2.45) is 0 Å². The van der Waals surface area contributed by atoms with Crippen molar-refractivity contribution in [3.05, 3.63) is 18.1 Å². The Morgan fingerprint density at radius 3 is 2.75 bits per heavy atom. The van der Waals surface area contributed by atoms with Gasteiger partial charge in [-0.05, 0) is 0 Å². The Morgan fingerprint density at radius 1 is 1.42 bits per heavy atom. The quantitative estimate of drug-likeness (QED) is 0.513. The summed E-state index contributed by atoms with van der Waals surface area (Å²) < 4.78 is 9.52. The van der Waals surface area contributed by atoms with Crippen LogP contribution in [0.4, 0.5) is 0 Å². The molecule has 12 heavy (non-hydrogen) atoms. The van der Waals surface area contributed by atoms with Crippen LogP contribution in [-0.2, 0) is 4.74 Å². The van der Waals surface area contributed by atoms with Gasteiger partial charge >= 0.3 is 0 Å². The lowest BCUT2D eigenvalue weighted by molar-refractivity contribution is 0.389. The molecule has 0 saturated heterocycles. The average molecular weight is 167 g/mol. The van der Waals surface area contributed by atoms with E-state index in [1.54, 1.807) is 0 Å². The average Bonchev–Trinajstić information content (AvgIpc) is 2.17. The standard InChI is InChI=1S/C7H9N3O2/c1-11-6-3-5(7(8)12-2)9-4-10-6/h3-4,8H,1-2H3. The molecule has 1 rings (SSSR count). The van der Waals surface area contributed by atoms with Crippen LogP contribution in [-0.4, -0.2) is 30.1 Å². The van der Waals surface area contributed by atoms with Crippen LogP contribution in [0.25, 0.3) is 0 Å². The Morgan fingerprint density at radius 2 is 2.17 bits per heavy atom. The molecule has 0 unspecified atom stereocenters. The molecule has 1 aromatic heterocycles. The predicted octanol–water partition coefficient (Wildman–Crippen LogP) is 0.457. The van der Waals surface area contributed by atoms with Crippen molar-refractivity contribution in [1.29, 1.82) is 5.41 Å². The van der Waals surface area contributed by atoms with Crippen molar-refractivity contribution in [3.63, 3.8) is 0 Å². The summed E-state index contributed by atoms with van der Waals surface area (Å²) in [4.78, 5) is 7.61. The Balaban J connectivity index is 2.93. The molecule has 0 radical (unpaired) electrons. The summed E-state index contributed by atoms with van der Waals surface area (Å²) in [5.74, 6) is 0.414. The van der Waals surface area contributed by atoms with E-state index < -0.39 is 0 Å². The fourth-order valence-corrected chi connectivity index (χ4v) is 0.680. The van der Waals surface area contributed by atoms with Gasteiger partial charge in [0.25, 0.3) is 0 Å². The highest BCUT2D eigenvalue weighted by Crippen LogP contribution is 2.05. The maximum atomic E-state index is 7.28. The first-order valence-corrected chi connectivity index (χ1v) is 3.27. The minimum Gasteiger partial charge on any atom is -0.481 e. The van der Waals surface area contributed by atoms with Crippen LogP contribution in [0, 0.1) is 5.41 Å². The molecule has 0 aromatic carbocycles. The lowest BCUT2D eigenvalue weighted by atomic mass is 10.4. The molecule has 0 amide bonds. The minimum atomic E-state index is -0.00398. The van der Waals surface area contributed by atoms with Crippen LogP contribution in [0.1, 0.15) is 5.69 Å². The lowest BCUT2D eigenvalue weighted by Gasteiger charge is -2.01. The van der Waals surface area contributed by atoms with Gasteiger partial charge in [0, 0.05) is 6.07 Å². The number of hydrogen-bond acceptors (Lipinski definition) is 5. The summed E-state index contributed by atoms with van der Waals surface area (Å²) in [6, 6.07) is 1.53. The predicted molar refractivity (Wildman–Crippen MR) is 42.4 cm³/mol. The van der Waals surface area contributed by atoms with E-state index in [2.05, 4.69) is 14.7 Å². The molecule has 0 atom stereocenters. The first-order chi connectivity index (χ1) is 5.77. The number of nitrogens with zero attached hydrogens (tertiary/aromatic N) is 2. The van der Waals surface area contributed by atoms with Gasteiger partial charge < -0.3 is 9.47 Å².